The molecule has 8 heteroatoms. The van der Waals surface area contributed by atoms with E-state index >= 15 is 0 Å². The molecule has 1 amide bonds. The molecule has 134 valence electrons. The highest BCUT2D eigenvalue weighted by molar-refractivity contribution is 6.29. The molecule has 1 aromatic carbocycles. The molecule has 1 fully saturated rings. The summed E-state index contributed by atoms with van der Waals surface area (Å²) >= 11 is 5.67. The average Bonchev–Trinajstić information content (AvgIpc) is 2.97. The number of aromatic nitrogens is 2. The maximum Gasteiger partial charge on any atom is 0.248 e. The Kier molecular flexibility index (Phi) is 5.14. The number of halogens is 3. The topological polar surface area (TPSA) is 78.7 Å². The summed E-state index contributed by atoms with van der Waals surface area (Å²) in [7, 11) is 0. The summed E-state index contributed by atoms with van der Waals surface area (Å²) in [6.45, 7) is 0. The van der Waals surface area contributed by atoms with Gasteiger partial charge in [0.1, 0.15) is 5.15 Å². The van der Waals surface area contributed by atoms with Gasteiger partial charge in [0.25, 0.3) is 0 Å². The van der Waals surface area contributed by atoms with Gasteiger partial charge in [0, 0.05) is 12.8 Å². The molecule has 0 saturated heterocycles. The predicted molar refractivity (Wildman–Crippen MR) is 91.9 cm³/mol. The number of nitrogens with zero attached hydrogens (tertiary/aromatic N) is 3. The number of rotatable bonds is 4. The van der Waals surface area contributed by atoms with E-state index in [4.69, 9.17) is 16.9 Å². The van der Waals surface area contributed by atoms with Gasteiger partial charge in [-0.25, -0.2) is 18.7 Å². The van der Waals surface area contributed by atoms with Crippen molar-refractivity contribution in [2.45, 2.75) is 31.1 Å². The van der Waals surface area contributed by atoms with Crippen molar-refractivity contribution in [2.24, 2.45) is 5.92 Å². The van der Waals surface area contributed by atoms with Crippen LogP contribution in [0.2, 0.25) is 5.15 Å². The molecular formula is C18H15ClF2N4O. The van der Waals surface area contributed by atoms with Crippen LogP contribution in [0.5, 0.6) is 0 Å². The second-order valence-electron chi connectivity index (χ2n) is 6.28. The number of hydrogen-bond donors (Lipinski definition) is 1. The fraction of sp³-hybridized carbons (Fsp3) is 0.333. The fourth-order valence-corrected chi connectivity index (χ4v) is 3.35. The van der Waals surface area contributed by atoms with Gasteiger partial charge in [-0.05, 0) is 30.0 Å². The average molecular weight is 377 g/mol. The van der Waals surface area contributed by atoms with E-state index < -0.39 is 23.7 Å². The van der Waals surface area contributed by atoms with Crippen LogP contribution in [0.25, 0.3) is 0 Å². The number of amides is 1. The molecule has 2 unspecified atom stereocenters. The summed E-state index contributed by atoms with van der Waals surface area (Å²) in [5.74, 6) is -4.28. The number of carbonyl (C=O) groups is 1. The van der Waals surface area contributed by atoms with E-state index in [-0.39, 0.29) is 30.2 Å². The van der Waals surface area contributed by atoms with Crippen molar-refractivity contribution in [3.63, 3.8) is 0 Å². The van der Waals surface area contributed by atoms with Gasteiger partial charge in [0.2, 0.25) is 11.8 Å². The molecule has 1 aliphatic carbocycles. The van der Waals surface area contributed by atoms with Crippen LogP contribution in [-0.2, 0) is 4.79 Å². The number of benzene rings is 1. The Morgan fingerprint density at radius 1 is 1.31 bits per heavy atom. The van der Waals surface area contributed by atoms with Gasteiger partial charge < -0.3 is 5.32 Å². The third-order valence-electron chi connectivity index (χ3n) is 4.47. The normalized spacial score (nSPS) is 19.5. The Balaban J connectivity index is 1.87. The number of hydrogen-bond acceptors (Lipinski definition) is 4. The molecule has 1 N–H and O–H groups in total. The summed E-state index contributed by atoms with van der Waals surface area (Å²) in [4.78, 5) is 20.6. The van der Waals surface area contributed by atoms with Gasteiger partial charge in [-0.2, -0.15) is 5.26 Å². The maximum absolute atomic E-state index is 13.7. The highest BCUT2D eigenvalue weighted by Gasteiger charge is 2.45. The minimum Gasteiger partial charge on any atom is -0.309 e. The van der Waals surface area contributed by atoms with Crippen LogP contribution in [0.15, 0.2) is 36.7 Å². The minimum atomic E-state index is -2.77. The Labute approximate surface area is 154 Å². The van der Waals surface area contributed by atoms with E-state index in [0.29, 0.717) is 11.1 Å². The van der Waals surface area contributed by atoms with Gasteiger partial charge >= 0.3 is 0 Å². The molecule has 1 aliphatic rings. The number of nitriles is 1. The predicted octanol–water partition coefficient (Wildman–Crippen LogP) is 4.16. The monoisotopic (exact) mass is 376 g/mol. The van der Waals surface area contributed by atoms with Crippen molar-refractivity contribution in [3.8, 4) is 6.07 Å². The molecule has 0 aliphatic heterocycles. The Morgan fingerprint density at radius 2 is 2.04 bits per heavy atom. The lowest BCUT2D eigenvalue weighted by molar-refractivity contribution is -0.118. The molecule has 2 atom stereocenters. The molecule has 0 spiro atoms. The van der Waals surface area contributed by atoms with Crippen molar-refractivity contribution in [1.29, 1.82) is 5.26 Å². The Bertz CT molecular complexity index is 834. The first-order valence-electron chi connectivity index (χ1n) is 8.04. The number of nitrogens with one attached hydrogen (secondary N) is 1. The lowest BCUT2D eigenvalue weighted by Gasteiger charge is -2.23. The van der Waals surface area contributed by atoms with E-state index in [1.54, 1.807) is 24.3 Å². The maximum atomic E-state index is 13.7. The van der Waals surface area contributed by atoms with Gasteiger partial charge in [0.05, 0.1) is 29.9 Å². The van der Waals surface area contributed by atoms with Crippen LogP contribution in [0.1, 0.15) is 36.3 Å². The van der Waals surface area contributed by atoms with Gasteiger partial charge in [-0.3, -0.25) is 4.79 Å². The van der Waals surface area contributed by atoms with Crippen LogP contribution in [0.4, 0.5) is 14.6 Å². The van der Waals surface area contributed by atoms with Crippen molar-refractivity contribution in [2.75, 3.05) is 5.32 Å². The van der Waals surface area contributed by atoms with Crippen LogP contribution >= 0.6 is 11.6 Å². The zero-order valence-corrected chi connectivity index (χ0v) is 14.4. The van der Waals surface area contributed by atoms with E-state index in [1.165, 1.54) is 12.4 Å². The molecule has 0 radical (unpaired) electrons. The SMILES string of the molecule is N#Cc1ccc(C(C(=O)Nc2cnc(Cl)cn2)C2CCC(F)(F)C2)cc1. The molecule has 26 heavy (non-hydrogen) atoms. The smallest absolute Gasteiger partial charge is 0.248 e. The molecule has 5 nitrogen and oxygen atoms in total. The molecular weight excluding hydrogens is 362 g/mol. The first-order chi connectivity index (χ1) is 12.4. The number of alkyl halides is 2. The lowest BCUT2D eigenvalue weighted by Crippen LogP contribution is -2.28. The number of anilines is 1. The third kappa shape index (κ3) is 4.14. The second kappa shape index (κ2) is 7.34. The Hall–Kier alpha value is -2.59. The lowest BCUT2D eigenvalue weighted by atomic mass is 9.83. The second-order valence-corrected chi connectivity index (χ2v) is 6.67. The van der Waals surface area contributed by atoms with Crippen LogP contribution in [0.3, 0.4) is 0 Å². The summed E-state index contributed by atoms with van der Waals surface area (Å²) in [6, 6.07) is 8.41. The quantitative estimate of drug-likeness (QED) is 0.869. The van der Waals surface area contributed by atoms with Gasteiger partial charge in [-0.15, -0.1) is 0 Å². The van der Waals surface area contributed by atoms with Crippen molar-refractivity contribution < 1.29 is 13.6 Å². The van der Waals surface area contributed by atoms with Crippen LogP contribution < -0.4 is 5.32 Å². The molecule has 1 heterocycles. The molecule has 3 rings (SSSR count). The summed E-state index contributed by atoms with van der Waals surface area (Å²) in [5.41, 5.74) is 1.03. The van der Waals surface area contributed by atoms with Crippen molar-refractivity contribution in [3.05, 3.63) is 52.9 Å². The minimum absolute atomic E-state index is 0.182. The fourth-order valence-electron chi connectivity index (χ4n) is 3.25. The summed E-state index contributed by atoms with van der Waals surface area (Å²) in [6.07, 6.45) is 2.25. The molecule has 1 aromatic heterocycles. The van der Waals surface area contributed by atoms with Gasteiger partial charge in [0.15, 0.2) is 5.82 Å². The third-order valence-corrected chi connectivity index (χ3v) is 4.66. The van der Waals surface area contributed by atoms with Crippen molar-refractivity contribution >= 4 is 23.3 Å². The summed E-state index contributed by atoms with van der Waals surface area (Å²) < 4.78 is 27.4. The largest absolute Gasteiger partial charge is 0.309 e. The van der Waals surface area contributed by atoms with E-state index in [9.17, 15) is 13.6 Å². The summed E-state index contributed by atoms with van der Waals surface area (Å²) in [5, 5.41) is 11.7. The van der Waals surface area contributed by atoms with E-state index in [1.807, 2.05) is 6.07 Å². The number of carbonyl (C=O) groups excluding carboxylic acids is 1. The molecule has 1 saturated carbocycles. The van der Waals surface area contributed by atoms with Crippen molar-refractivity contribution in [1.82, 2.24) is 9.97 Å². The highest BCUT2D eigenvalue weighted by Crippen LogP contribution is 2.45. The zero-order valence-electron chi connectivity index (χ0n) is 13.6. The molecule has 2 aromatic rings. The molecule has 0 bridgehead atoms. The van der Waals surface area contributed by atoms with Gasteiger partial charge in [-0.1, -0.05) is 23.7 Å². The Morgan fingerprint density at radius 3 is 2.58 bits per heavy atom. The van der Waals surface area contributed by atoms with Crippen LogP contribution in [0, 0.1) is 17.2 Å². The van der Waals surface area contributed by atoms with Crippen LogP contribution in [-0.4, -0.2) is 21.8 Å². The van der Waals surface area contributed by atoms with E-state index in [0.717, 1.165) is 0 Å². The first-order valence-corrected chi connectivity index (χ1v) is 8.42. The standard InChI is InChI=1S/C18H15ClF2N4O/c19-14-9-24-15(10-23-14)25-17(26)16(13-5-6-18(20,21)7-13)12-3-1-11(8-22)2-4-12/h1-4,9-10,13,16H,5-7H2,(H,24,25,26). The first kappa shape index (κ1) is 18.2. The zero-order chi connectivity index (χ0) is 18.7. The van der Waals surface area contributed by atoms with E-state index in [2.05, 4.69) is 15.3 Å². The highest BCUT2D eigenvalue weighted by atomic mass is 35.5.